The zero-order valence-electron chi connectivity index (χ0n) is 15.8. The molecule has 0 aliphatic rings. The molecule has 0 radical (unpaired) electrons. The van der Waals surface area contributed by atoms with Crippen LogP contribution in [-0.4, -0.2) is 32.7 Å². The summed E-state index contributed by atoms with van der Waals surface area (Å²) < 4.78 is 23.7. The fourth-order valence-electron chi connectivity index (χ4n) is 2.80. The third-order valence-electron chi connectivity index (χ3n) is 4.24. The number of likely N-dealkylation sites (N-methyl/N-ethyl adjacent to an activating group) is 1. The van der Waals surface area contributed by atoms with E-state index in [4.69, 9.17) is 12.2 Å². The summed E-state index contributed by atoms with van der Waals surface area (Å²) >= 11 is 3.07. The van der Waals surface area contributed by atoms with Crippen LogP contribution >= 0.6 is 12.2 Å². The van der Waals surface area contributed by atoms with Gasteiger partial charge in [-0.05, 0) is 25.8 Å². The molecule has 3 unspecified atom stereocenters. The highest BCUT2D eigenvalue weighted by atomic mass is 32.2. The number of carbonyl (C=O) groups is 1. The van der Waals surface area contributed by atoms with E-state index in [0.717, 1.165) is 24.8 Å². The Bertz CT molecular complexity index is 637. The molecule has 146 valence electrons. The first kappa shape index (κ1) is 22.7. The number of rotatable bonds is 10. The van der Waals surface area contributed by atoms with Crippen LogP contribution in [-0.2, 0) is 21.6 Å². The molecule has 0 fully saturated rings. The molecule has 0 aliphatic carbocycles. The highest BCUT2D eigenvalue weighted by Gasteiger charge is 2.40. The van der Waals surface area contributed by atoms with Crippen LogP contribution in [0.4, 0.5) is 0 Å². The number of thiocarbonyl (C=S) groups is 1. The van der Waals surface area contributed by atoms with Crippen LogP contribution < -0.4 is 15.4 Å². The van der Waals surface area contributed by atoms with Gasteiger partial charge in [-0.3, -0.25) is 9.35 Å². The summed E-state index contributed by atoms with van der Waals surface area (Å²) in [5.41, 5.74) is 0.424. The first-order valence-corrected chi connectivity index (χ1v) is 10.2. The molecule has 26 heavy (non-hydrogen) atoms. The van der Waals surface area contributed by atoms with Crippen LogP contribution in [0.15, 0.2) is 24.3 Å². The fourth-order valence-corrected chi connectivity index (χ4v) is 3.70. The first-order valence-electron chi connectivity index (χ1n) is 8.72. The molecule has 0 heterocycles. The lowest BCUT2D eigenvalue weighted by molar-refractivity contribution is -0.122. The maximum Gasteiger partial charge on any atom is 0.232 e. The molecule has 0 spiro atoms. The number of hydrogen-bond donors (Lipinski definition) is 4. The van der Waals surface area contributed by atoms with Crippen molar-refractivity contribution in [1.82, 2.24) is 15.4 Å². The van der Waals surface area contributed by atoms with Crippen LogP contribution in [0.25, 0.3) is 0 Å². The van der Waals surface area contributed by atoms with Gasteiger partial charge in [0.2, 0.25) is 17.2 Å². The van der Waals surface area contributed by atoms with Gasteiger partial charge in [0.25, 0.3) is 0 Å². The van der Waals surface area contributed by atoms with E-state index in [1.165, 1.54) is 0 Å². The predicted molar refractivity (Wildman–Crippen MR) is 110 cm³/mol. The Balaban J connectivity index is 3.17. The van der Waals surface area contributed by atoms with Gasteiger partial charge in [-0.15, -0.1) is 0 Å². The number of benzene rings is 1. The summed E-state index contributed by atoms with van der Waals surface area (Å²) in [6.07, 6.45) is 2.88. The van der Waals surface area contributed by atoms with Gasteiger partial charge in [-0.2, -0.15) is 4.72 Å². The van der Waals surface area contributed by atoms with Gasteiger partial charge in [0, 0.05) is 13.1 Å². The molecule has 1 rings (SSSR count). The molecule has 0 saturated carbocycles. The molecule has 0 bridgehead atoms. The third kappa shape index (κ3) is 6.42. The van der Waals surface area contributed by atoms with Crippen LogP contribution in [0.1, 0.15) is 50.7 Å². The van der Waals surface area contributed by atoms with Crippen LogP contribution in [0, 0.1) is 6.92 Å². The maximum atomic E-state index is 12.7. The van der Waals surface area contributed by atoms with Crippen molar-refractivity contribution in [1.29, 1.82) is 0 Å². The first-order chi connectivity index (χ1) is 12.2. The molecule has 1 aromatic carbocycles. The Morgan fingerprint density at radius 2 is 1.96 bits per heavy atom. The van der Waals surface area contributed by atoms with Crippen molar-refractivity contribution in [2.45, 2.75) is 58.0 Å². The Morgan fingerprint density at radius 3 is 2.46 bits per heavy atom. The zero-order chi connectivity index (χ0) is 19.7. The van der Waals surface area contributed by atoms with Gasteiger partial charge < -0.3 is 10.6 Å². The summed E-state index contributed by atoms with van der Waals surface area (Å²) in [5.74, 6) is -0.232. The van der Waals surface area contributed by atoms with Crippen LogP contribution in [0.5, 0.6) is 0 Å². The van der Waals surface area contributed by atoms with E-state index in [1.54, 1.807) is 7.05 Å². The topological polar surface area (TPSA) is 90.5 Å². The van der Waals surface area contributed by atoms with Crippen molar-refractivity contribution in [2.75, 3.05) is 7.05 Å². The standard InChI is InChI=1S/C18H29N3O3S2/c1-5-6-7-14(3)20-16(22)12-18(17(25)19-4,21-26(23)24)15-10-8-13(2)9-11-15/h8-11,14,21H,5-7,12H2,1-4H3,(H,19,25)(H,20,22)(H,23,24). The van der Waals surface area contributed by atoms with E-state index >= 15 is 0 Å². The van der Waals surface area contributed by atoms with Crippen LogP contribution in [0.3, 0.4) is 0 Å². The molecular weight excluding hydrogens is 370 g/mol. The number of nitrogens with one attached hydrogen (secondary N) is 3. The van der Waals surface area contributed by atoms with Crippen molar-refractivity contribution in [3.63, 3.8) is 0 Å². The molecule has 3 atom stereocenters. The van der Waals surface area contributed by atoms with E-state index in [2.05, 4.69) is 22.3 Å². The highest BCUT2D eigenvalue weighted by molar-refractivity contribution is 7.80. The second-order valence-corrected chi connectivity index (χ2v) is 7.60. The normalized spacial score (nSPS) is 15.6. The monoisotopic (exact) mass is 399 g/mol. The highest BCUT2D eigenvalue weighted by Crippen LogP contribution is 2.28. The van der Waals surface area contributed by atoms with Gasteiger partial charge in [-0.1, -0.05) is 61.8 Å². The predicted octanol–water partition coefficient (Wildman–Crippen LogP) is 2.55. The number of unbranched alkanes of at least 4 members (excludes halogenated alkanes) is 1. The lowest BCUT2D eigenvalue weighted by atomic mass is 9.86. The Hall–Kier alpha value is -1.35. The van der Waals surface area contributed by atoms with Crippen LogP contribution in [0.2, 0.25) is 0 Å². The van der Waals surface area contributed by atoms with E-state index in [1.807, 2.05) is 38.1 Å². The average Bonchev–Trinajstić information content (AvgIpc) is 2.58. The van der Waals surface area contributed by atoms with E-state index in [9.17, 15) is 13.6 Å². The zero-order valence-corrected chi connectivity index (χ0v) is 17.4. The minimum atomic E-state index is -2.35. The lowest BCUT2D eigenvalue weighted by Gasteiger charge is -2.34. The van der Waals surface area contributed by atoms with Gasteiger partial charge in [-0.25, -0.2) is 4.21 Å². The summed E-state index contributed by atoms with van der Waals surface area (Å²) in [6.45, 7) is 6.00. The second kappa shape index (κ2) is 10.7. The number of hydrogen-bond acceptors (Lipinski definition) is 3. The molecule has 0 aliphatic heterocycles. The number of aryl methyl sites for hydroxylation is 1. The van der Waals surface area contributed by atoms with Crippen molar-refractivity contribution >= 4 is 34.4 Å². The molecule has 6 nitrogen and oxygen atoms in total. The Labute approximate surface area is 163 Å². The molecular formula is C18H29N3O3S2. The SMILES string of the molecule is CCCCC(C)NC(=O)CC(NS(=O)O)(C(=S)NC)c1ccc(C)cc1. The molecule has 0 aromatic heterocycles. The third-order valence-corrected chi connectivity index (χ3v) is 5.32. The van der Waals surface area contributed by atoms with Gasteiger partial charge in [0.15, 0.2) is 0 Å². The van der Waals surface area contributed by atoms with E-state index < -0.39 is 16.8 Å². The number of carbonyl (C=O) groups excluding carboxylic acids is 1. The fraction of sp³-hybridized carbons (Fsp3) is 0.556. The Morgan fingerprint density at radius 1 is 1.35 bits per heavy atom. The quantitative estimate of drug-likeness (QED) is 0.359. The van der Waals surface area contributed by atoms with Crippen molar-refractivity contribution in [3.05, 3.63) is 35.4 Å². The van der Waals surface area contributed by atoms with Crippen molar-refractivity contribution < 1.29 is 13.6 Å². The molecule has 1 amide bonds. The van der Waals surface area contributed by atoms with Gasteiger partial charge in [0.1, 0.15) is 10.5 Å². The largest absolute Gasteiger partial charge is 0.381 e. The minimum absolute atomic E-state index is 0.0287. The van der Waals surface area contributed by atoms with E-state index in [-0.39, 0.29) is 23.4 Å². The minimum Gasteiger partial charge on any atom is -0.381 e. The smallest absolute Gasteiger partial charge is 0.232 e. The van der Waals surface area contributed by atoms with Crippen molar-refractivity contribution in [2.24, 2.45) is 0 Å². The Kier molecular flexibility index (Phi) is 9.35. The summed E-state index contributed by atoms with van der Waals surface area (Å²) in [4.78, 5) is 12.9. The van der Waals surface area contributed by atoms with Crippen molar-refractivity contribution in [3.8, 4) is 0 Å². The molecule has 0 saturated heterocycles. The van der Waals surface area contributed by atoms with E-state index in [0.29, 0.717) is 5.56 Å². The second-order valence-electron chi connectivity index (χ2n) is 6.49. The van der Waals surface area contributed by atoms with Gasteiger partial charge in [0.05, 0.1) is 6.42 Å². The molecule has 8 heteroatoms. The number of amides is 1. The lowest BCUT2D eigenvalue weighted by Crippen LogP contribution is -2.56. The summed E-state index contributed by atoms with van der Waals surface area (Å²) in [5, 5.41) is 5.82. The maximum absolute atomic E-state index is 12.7. The summed E-state index contributed by atoms with van der Waals surface area (Å²) in [7, 11) is 1.63. The van der Waals surface area contributed by atoms with Gasteiger partial charge >= 0.3 is 0 Å². The average molecular weight is 400 g/mol. The summed E-state index contributed by atoms with van der Waals surface area (Å²) in [6, 6.07) is 7.42. The molecule has 4 N–H and O–H groups in total. The molecule has 1 aromatic rings.